The van der Waals surface area contributed by atoms with E-state index in [1.54, 1.807) is 56.1 Å². The maximum atomic E-state index is 8.83. The number of rotatable bonds is 1. The Kier molecular flexibility index (Phi) is 55.5. The molecule has 0 aliphatic rings. The van der Waals surface area contributed by atoms with Gasteiger partial charge in [-0.1, -0.05) is 6.92 Å². The van der Waals surface area contributed by atoms with Gasteiger partial charge in [-0.2, -0.15) is 42.3 Å². The zero-order chi connectivity index (χ0) is 13.3. The SMILES string of the molecule is CCC(C)(C)[N].C[N-]C.C[N-]C.C[N-]C.[Ta]. The molecule has 0 bridgehead atoms. The molecule has 0 N–H and O–H groups in total. The number of hydrogen-bond donors (Lipinski definition) is 0. The van der Waals surface area contributed by atoms with E-state index in [4.69, 9.17) is 5.73 Å². The van der Waals surface area contributed by atoms with Crippen LogP contribution in [0.5, 0.6) is 0 Å². The zero-order valence-corrected chi connectivity index (χ0v) is 15.7. The molecule has 0 aliphatic heterocycles. The van der Waals surface area contributed by atoms with Crippen molar-refractivity contribution >= 4 is 0 Å². The third kappa shape index (κ3) is 210. The first-order chi connectivity index (χ1) is 6.80. The predicted molar refractivity (Wildman–Crippen MR) is 72.1 cm³/mol. The van der Waals surface area contributed by atoms with E-state index in [9.17, 15) is 0 Å². The Hall–Kier alpha value is 0.580. The normalized spacial score (nSPS) is 7.88. The Morgan fingerprint density at radius 1 is 0.812 bits per heavy atom. The first kappa shape index (κ1) is 30.0. The maximum absolute atomic E-state index is 8.83. The molecule has 0 heterocycles. The van der Waals surface area contributed by atoms with Crippen molar-refractivity contribution in [2.45, 2.75) is 32.7 Å². The average molecular weight is 398 g/mol. The van der Waals surface area contributed by atoms with E-state index in [1.807, 2.05) is 6.92 Å². The summed E-state index contributed by atoms with van der Waals surface area (Å²) in [6.45, 7) is 5.56. The molecule has 0 aliphatic carbocycles. The minimum atomic E-state index is -0.458. The molecule has 101 valence electrons. The van der Waals surface area contributed by atoms with Crippen molar-refractivity contribution in [1.82, 2.24) is 5.73 Å². The van der Waals surface area contributed by atoms with Crippen LogP contribution in [0.3, 0.4) is 0 Å². The third-order valence-electron chi connectivity index (χ3n) is 0.865. The fourth-order valence-electron chi connectivity index (χ4n) is 0. The van der Waals surface area contributed by atoms with E-state index in [-0.39, 0.29) is 22.4 Å². The molecule has 16 heavy (non-hydrogen) atoms. The van der Waals surface area contributed by atoms with E-state index in [1.165, 1.54) is 0 Å². The molecule has 0 atom stereocenters. The quantitative estimate of drug-likeness (QED) is 0.652. The van der Waals surface area contributed by atoms with Crippen molar-refractivity contribution in [2.75, 3.05) is 42.3 Å². The molecule has 0 aromatic heterocycles. The van der Waals surface area contributed by atoms with E-state index >= 15 is 0 Å². The van der Waals surface area contributed by atoms with Crippen molar-refractivity contribution in [3.8, 4) is 0 Å². The fraction of sp³-hybridized carbons (Fsp3) is 1.00. The monoisotopic (exact) mass is 398 g/mol. The van der Waals surface area contributed by atoms with Crippen molar-refractivity contribution < 1.29 is 22.4 Å². The second kappa shape index (κ2) is 29.6. The molecule has 0 unspecified atom stereocenters. The van der Waals surface area contributed by atoms with Crippen LogP contribution in [0.25, 0.3) is 16.0 Å². The zero-order valence-electron chi connectivity index (χ0n) is 12.4. The van der Waals surface area contributed by atoms with Gasteiger partial charge >= 0.3 is 0 Å². The van der Waals surface area contributed by atoms with Gasteiger partial charge in [-0.15, -0.1) is 5.73 Å². The van der Waals surface area contributed by atoms with Gasteiger partial charge in [-0.3, -0.25) is 0 Å². The van der Waals surface area contributed by atoms with Crippen molar-refractivity contribution in [3.63, 3.8) is 0 Å². The largest absolute Gasteiger partial charge is 0.668 e. The Morgan fingerprint density at radius 2 is 0.875 bits per heavy atom. The average Bonchev–Trinajstić information content (AvgIpc) is 2.07. The molecule has 4 nitrogen and oxygen atoms in total. The fourth-order valence-corrected chi connectivity index (χ4v) is 0. The number of nitrogens with zero attached hydrogens (tertiary/aromatic N) is 4. The summed E-state index contributed by atoms with van der Waals surface area (Å²) in [5.74, 6) is 0. The topological polar surface area (TPSA) is 64.6 Å². The van der Waals surface area contributed by atoms with Crippen LogP contribution in [-0.4, -0.2) is 47.8 Å². The molecule has 0 aromatic rings. The van der Waals surface area contributed by atoms with Crippen molar-refractivity contribution in [3.05, 3.63) is 16.0 Å². The molecule has 0 spiro atoms. The van der Waals surface area contributed by atoms with Crippen molar-refractivity contribution in [2.24, 2.45) is 0 Å². The summed E-state index contributed by atoms with van der Waals surface area (Å²) in [7, 11) is 10.5. The standard InChI is InChI=1S/C5H11N.3C2H6N.Ta/c1-4-5(2,3)6;3*1-3-2;/h4H2,1-3H3;3*1-2H3;/q;3*-1;. The van der Waals surface area contributed by atoms with Gasteiger partial charge in [0.2, 0.25) is 0 Å². The van der Waals surface area contributed by atoms with Crippen LogP contribution in [0.15, 0.2) is 0 Å². The third-order valence-corrected chi connectivity index (χ3v) is 0.865. The molecule has 0 amide bonds. The first-order valence-electron chi connectivity index (χ1n) is 4.97. The maximum Gasteiger partial charge on any atom is 0.0485 e. The summed E-state index contributed by atoms with van der Waals surface area (Å²) in [6, 6.07) is 0. The Bertz CT molecular complexity index is 70.1. The van der Waals surface area contributed by atoms with Crippen LogP contribution >= 0.6 is 0 Å². The summed E-state index contributed by atoms with van der Waals surface area (Å²) >= 11 is 0. The molecule has 0 saturated heterocycles. The van der Waals surface area contributed by atoms with Gasteiger partial charge in [-0.25, -0.2) is 0 Å². The minimum Gasteiger partial charge on any atom is -0.668 e. The van der Waals surface area contributed by atoms with E-state index < -0.39 is 5.54 Å². The molecular formula is C11H29N4Ta-3. The van der Waals surface area contributed by atoms with Crippen molar-refractivity contribution in [1.29, 1.82) is 0 Å². The molecule has 0 fully saturated rings. The van der Waals surface area contributed by atoms with Gasteiger partial charge in [0.1, 0.15) is 0 Å². The van der Waals surface area contributed by atoms with Gasteiger partial charge in [0.05, 0.1) is 0 Å². The molecule has 3 radical (unpaired) electrons. The smallest absolute Gasteiger partial charge is 0.0485 e. The van der Waals surface area contributed by atoms with Gasteiger partial charge in [0.25, 0.3) is 0 Å². The van der Waals surface area contributed by atoms with Crippen LogP contribution in [0.2, 0.25) is 0 Å². The molecule has 0 saturated carbocycles. The minimum absolute atomic E-state index is 0. The van der Waals surface area contributed by atoms with Gasteiger partial charge in [0, 0.05) is 27.9 Å². The number of hydrogen-bond acceptors (Lipinski definition) is 0. The van der Waals surface area contributed by atoms with E-state index in [0.717, 1.165) is 6.42 Å². The molecule has 0 aromatic carbocycles. The van der Waals surface area contributed by atoms with Gasteiger partial charge in [-0.05, 0) is 20.3 Å². The van der Waals surface area contributed by atoms with Crippen LogP contribution in [0, 0.1) is 0 Å². The summed E-state index contributed by atoms with van der Waals surface area (Å²) in [6.07, 6.45) is 0.826. The molecule has 0 rings (SSSR count). The van der Waals surface area contributed by atoms with Crippen LogP contribution < -0.4 is 5.73 Å². The van der Waals surface area contributed by atoms with E-state index in [2.05, 4.69) is 16.0 Å². The Balaban J connectivity index is -0.0000000353. The Morgan fingerprint density at radius 3 is 0.875 bits per heavy atom. The summed E-state index contributed by atoms with van der Waals surface area (Å²) in [4.78, 5) is 0. The molecule has 5 heteroatoms. The van der Waals surface area contributed by atoms with Gasteiger partial charge in [0.15, 0.2) is 0 Å². The summed E-state index contributed by atoms with van der Waals surface area (Å²) < 4.78 is 0. The van der Waals surface area contributed by atoms with Crippen LogP contribution in [-0.2, 0) is 22.4 Å². The Labute approximate surface area is 119 Å². The van der Waals surface area contributed by atoms with Crippen LogP contribution in [0.1, 0.15) is 27.2 Å². The van der Waals surface area contributed by atoms with E-state index in [0.29, 0.717) is 0 Å². The first-order valence-corrected chi connectivity index (χ1v) is 4.97. The predicted octanol–water partition coefficient (Wildman–Crippen LogP) is 3.10. The van der Waals surface area contributed by atoms with Gasteiger partial charge < -0.3 is 16.0 Å². The summed E-state index contributed by atoms with van der Waals surface area (Å²) in [5.41, 5.74) is 8.37. The van der Waals surface area contributed by atoms with Crippen LogP contribution in [0.4, 0.5) is 0 Å². The second-order valence-electron chi connectivity index (χ2n) is 3.51. The molecular weight excluding hydrogens is 369 g/mol. The second-order valence-corrected chi connectivity index (χ2v) is 3.51. The summed E-state index contributed by atoms with van der Waals surface area (Å²) in [5, 5.41) is 10.5.